The number of nitrogens with zero attached hydrogens (tertiary/aromatic N) is 1. The summed E-state index contributed by atoms with van der Waals surface area (Å²) >= 11 is 0. The number of hydrogen-bond acceptors (Lipinski definition) is 2. The van der Waals surface area contributed by atoms with Gasteiger partial charge in [0, 0.05) is 0 Å². The fourth-order valence-corrected chi connectivity index (χ4v) is 3.08. The Bertz CT molecular complexity index is 1010. The van der Waals surface area contributed by atoms with Crippen LogP contribution in [0.2, 0.25) is 0 Å². The molecule has 1 aliphatic rings. The van der Waals surface area contributed by atoms with Crippen LogP contribution in [0.1, 0.15) is 17.2 Å². The van der Waals surface area contributed by atoms with Gasteiger partial charge >= 0.3 is 0 Å². The molecular formula is C23H17F3N2. The molecule has 0 aliphatic carbocycles. The van der Waals surface area contributed by atoms with E-state index in [2.05, 4.69) is 5.43 Å². The third kappa shape index (κ3) is 3.93. The molecule has 0 radical (unpaired) electrons. The smallest absolute Gasteiger partial charge is 0.123 e. The molecule has 140 valence electrons. The van der Waals surface area contributed by atoms with Crippen LogP contribution < -0.4 is 10.4 Å². The predicted octanol–water partition coefficient (Wildman–Crippen LogP) is 5.77. The third-order valence-corrected chi connectivity index (χ3v) is 4.51. The average molecular weight is 378 g/mol. The van der Waals surface area contributed by atoms with Crippen molar-refractivity contribution < 1.29 is 13.2 Å². The fourth-order valence-electron chi connectivity index (χ4n) is 3.08. The van der Waals surface area contributed by atoms with Gasteiger partial charge < -0.3 is 0 Å². The number of nitrogens with one attached hydrogen (secondary N) is 1. The van der Waals surface area contributed by atoms with Crippen LogP contribution in [0.15, 0.2) is 90.6 Å². The van der Waals surface area contributed by atoms with E-state index in [1.807, 2.05) is 23.2 Å². The maximum absolute atomic E-state index is 13.3. The third-order valence-electron chi connectivity index (χ3n) is 4.51. The van der Waals surface area contributed by atoms with Crippen molar-refractivity contribution in [1.82, 2.24) is 5.43 Å². The molecule has 5 heteroatoms. The summed E-state index contributed by atoms with van der Waals surface area (Å²) in [5, 5.41) is 1.89. The summed E-state index contributed by atoms with van der Waals surface area (Å²) in [6.07, 6.45) is 5.75. The quantitative estimate of drug-likeness (QED) is 0.620. The topological polar surface area (TPSA) is 15.3 Å². The van der Waals surface area contributed by atoms with Crippen LogP contribution in [0.25, 0.3) is 6.08 Å². The second-order valence-electron chi connectivity index (χ2n) is 6.46. The van der Waals surface area contributed by atoms with Gasteiger partial charge in [-0.2, -0.15) is 0 Å². The predicted molar refractivity (Wildman–Crippen MR) is 105 cm³/mol. The molecule has 4 rings (SSSR count). The zero-order valence-corrected chi connectivity index (χ0v) is 14.8. The van der Waals surface area contributed by atoms with Crippen molar-refractivity contribution in [3.05, 3.63) is 119 Å². The molecule has 0 spiro atoms. The van der Waals surface area contributed by atoms with Crippen molar-refractivity contribution in [1.29, 1.82) is 0 Å². The summed E-state index contributed by atoms with van der Waals surface area (Å²) < 4.78 is 39.7. The number of rotatable bonds is 4. The number of hydrazine groups is 1. The molecule has 1 heterocycles. The normalized spacial score (nSPS) is 16.3. The molecule has 1 atom stereocenters. The van der Waals surface area contributed by atoms with Crippen molar-refractivity contribution >= 4 is 11.8 Å². The molecule has 0 fully saturated rings. The van der Waals surface area contributed by atoms with E-state index in [9.17, 15) is 13.2 Å². The molecule has 0 bridgehead atoms. The van der Waals surface area contributed by atoms with E-state index in [0.29, 0.717) is 0 Å². The Labute approximate surface area is 161 Å². The number of benzene rings is 3. The minimum atomic E-state index is -0.314. The van der Waals surface area contributed by atoms with Crippen LogP contribution in [-0.2, 0) is 0 Å². The highest BCUT2D eigenvalue weighted by molar-refractivity contribution is 5.58. The van der Waals surface area contributed by atoms with Gasteiger partial charge in [0.15, 0.2) is 0 Å². The van der Waals surface area contributed by atoms with E-state index in [1.54, 1.807) is 36.4 Å². The van der Waals surface area contributed by atoms with Gasteiger partial charge in [0.05, 0.1) is 17.4 Å². The number of allylic oxidation sites excluding steroid dienone is 1. The highest BCUT2D eigenvalue weighted by Crippen LogP contribution is 2.32. The molecule has 2 nitrogen and oxygen atoms in total. The van der Waals surface area contributed by atoms with E-state index < -0.39 is 0 Å². The molecule has 3 aromatic rings. The molecule has 28 heavy (non-hydrogen) atoms. The van der Waals surface area contributed by atoms with Crippen LogP contribution in [0.5, 0.6) is 0 Å². The van der Waals surface area contributed by atoms with Gasteiger partial charge in [0.2, 0.25) is 0 Å². The Kier molecular flexibility index (Phi) is 4.89. The van der Waals surface area contributed by atoms with Crippen molar-refractivity contribution in [3.8, 4) is 0 Å². The Balaban J connectivity index is 1.64. The molecule has 0 saturated carbocycles. The van der Waals surface area contributed by atoms with Crippen molar-refractivity contribution in [2.75, 3.05) is 5.01 Å². The molecule has 0 unspecified atom stereocenters. The first-order valence-electron chi connectivity index (χ1n) is 8.81. The second kappa shape index (κ2) is 7.64. The average Bonchev–Trinajstić information content (AvgIpc) is 3.13. The van der Waals surface area contributed by atoms with Gasteiger partial charge in [-0.3, -0.25) is 10.4 Å². The lowest BCUT2D eigenvalue weighted by Crippen LogP contribution is -2.34. The summed E-state index contributed by atoms with van der Waals surface area (Å²) in [6.45, 7) is 0. The van der Waals surface area contributed by atoms with E-state index in [1.165, 1.54) is 36.4 Å². The standard InChI is InChI=1S/C23H17F3N2/c24-18-6-1-16(2-7-18)3-12-21-15-23(17-4-8-19(25)9-5-17)28(27-21)22-13-10-20(26)11-14-22/h1-15,23,27H/b12-3+/t23-/m1/s1. The summed E-state index contributed by atoms with van der Waals surface area (Å²) in [4.78, 5) is 0. The SMILES string of the molecule is Fc1ccc(/C=C/C2=C[C@H](c3ccc(F)cc3)N(c3ccc(F)cc3)N2)cc1. The molecule has 1 aliphatic heterocycles. The van der Waals surface area contributed by atoms with Gasteiger partial charge in [-0.1, -0.05) is 30.3 Å². The molecule has 1 N–H and O–H groups in total. The minimum absolute atomic E-state index is 0.195. The van der Waals surface area contributed by atoms with E-state index in [-0.39, 0.29) is 23.5 Å². The lowest BCUT2D eigenvalue weighted by molar-refractivity contribution is 0.623. The minimum Gasteiger partial charge on any atom is -0.298 e. The lowest BCUT2D eigenvalue weighted by atomic mass is 10.1. The highest BCUT2D eigenvalue weighted by atomic mass is 19.1. The fraction of sp³-hybridized carbons (Fsp3) is 0.0435. The number of anilines is 1. The van der Waals surface area contributed by atoms with Crippen molar-refractivity contribution in [2.45, 2.75) is 6.04 Å². The highest BCUT2D eigenvalue weighted by Gasteiger charge is 2.25. The molecule has 0 aromatic heterocycles. The van der Waals surface area contributed by atoms with Crippen molar-refractivity contribution in [3.63, 3.8) is 0 Å². The van der Waals surface area contributed by atoms with E-state index >= 15 is 0 Å². The Hall–Kier alpha value is -3.47. The van der Waals surface area contributed by atoms with Crippen LogP contribution in [0.3, 0.4) is 0 Å². The van der Waals surface area contributed by atoms with Gasteiger partial charge in [0.25, 0.3) is 0 Å². The second-order valence-corrected chi connectivity index (χ2v) is 6.46. The van der Waals surface area contributed by atoms with Crippen molar-refractivity contribution in [2.24, 2.45) is 0 Å². The van der Waals surface area contributed by atoms with Gasteiger partial charge in [0.1, 0.15) is 17.5 Å². The van der Waals surface area contributed by atoms with Crippen LogP contribution in [0, 0.1) is 17.5 Å². The molecule has 3 aromatic carbocycles. The van der Waals surface area contributed by atoms with E-state index in [4.69, 9.17) is 0 Å². The first-order valence-corrected chi connectivity index (χ1v) is 8.81. The number of halogens is 3. The summed E-state index contributed by atoms with van der Waals surface area (Å²) in [7, 11) is 0. The first kappa shape index (κ1) is 17.9. The zero-order valence-electron chi connectivity index (χ0n) is 14.8. The number of hydrogen-bond donors (Lipinski definition) is 1. The molecule has 0 saturated heterocycles. The summed E-state index contributed by atoms with van der Waals surface area (Å²) in [6, 6.07) is 18.4. The van der Waals surface area contributed by atoms with Gasteiger partial charge in [-0.15, -0.1) is 0 Å². The molecule has 0 amide bonds. The van der Waals surface area contributed by atoms with Crippen LogP contribution in [0.4, 0.5) is 18.9 Å². The summed E-state index contributed by atoms with van der Waals surface area (Å²) in [5.41, 5.74) is 6.64. The first-order chi connectivity index (χ1) is 13.6. The zero-order chi connectivity index (χ0) is 19.5. The van der Waals surface area contributed by atoms with Crippen LogP contribution in [-0.4, -0.2) is 0 Å². The maximum atomic E-state index is 13.3. The Morgan fingerprint density at radius 2 is 1.21 bits per heavy atom. The Morgan fingerprint density at radius 3 is 1.82 bits per heavy atom. The van der Waals surface area contributed by atoms with E-state index in [0.717, 1.165) is 22.5 Å². The maximum Gasteiger partial charge on any atom is 0.123 e. The van der Waals surface area contributed by atoms with Gasteiger partial charge in [-0.25, -0.2) is 13.2 Å². The van der Waals surface area contributed by atoms with Gasteiger partial charge in [-0.05, 0) is 71.8 Å². The Morgan fingerprint density at radius 1 is 0.679 bits per heavy atom. The van der Waals surface area contributed by atoms with Crippen LogP contribution >= 0.6 is 0 Å². The monoisotopic (exact) mass is 378 g/mol. The molecular weight excluding hydrogens is 361 g/mol. The summed E-state index contributed by atoms with van der Waals surface area (Å²) in [5.74, 6) is -0.900. The largest absolute Gasteiger partial charge is 0.298 e. The lowest BCUT2D eigenvalue weighted by Gasteiger charge is -2.27.